The minimum Gasteiger partial charge on any atom is -0.343 e. The summed E-state index contributed by atoms with van der Waals surface area (Å²) in [5, 5.41) is 6.45. The number of anilines is 1. The van der Waals surface area contributed by atoms with Crippen molar-refractivity contribution < 1.29 is 9.59 Å². The number of amides is 2. The molecule has 0 spiro atoms. The van der Waals surface area contributed by atoms with Gasteiger partial charge < -0.3 is 15.6 Å². The number of fused-ring (bicyclic) bond motifs is 1. The van der Waals surface area contributed by atoms with E-state index in [1.54, 1.807) is 23.9 Å². The van der Waals surface area contributed by atoms with Gasteiger partial charge in [0.1, 0.15) is 0 Å². The molecular formula is C26H26N4O2S. The van der Waals surface area contributed by atoms with Gasteiger partial charge in [-0.05, 0) is 61.7 Å². The Kier molecular flexibility index (Phi) is 6.79. The Morgan fingerprint density at radius 1 is 0.970 bits per heavy atom. The van der Waals surface area contributed by atoms with Gasteiger partial charge in [0.05, 0.1) is 17.6 Å². The SMILES string of the molecule is Cc1cc(C)c(NC(=O)CNC(=O)c2ccc(CSc3nc4ccccc4[nH]3)cc2)c(C)c1. The van der Waals surface area contributed by atoms with Gasteiger partial charge >= 0.3 is 0 Å². The van der Waals surface area contributed by atoms with Gasteiger partial charge in [0.15, 0.2) is 5.16 Å². The zero-order valence-corrected chi connectivity index (χ0v) is 19.7. The number of rotatable bonds is 7. The molecule has 0 atom stereocenters. The smallest absolute Gasteiger partial charge is 0.251 e. The number of thioether (sulfide) groups is 1. The highest BCUT2D eigenvalue weighted by Crippen LogP contribution is 2.23. The number of imidazole rings is 1. The Morgan fingerprint density at radius 3 is 2.36 bits per heavy atom. The first-order valence-corrected chi connectivity index (χ1v) is 11.7. The number of benzene rings is 3. The normalized spacial score (nSPS) is 10.9. The molecule has 0 radical (unpaired) electrons. The molecular weight excluding hydrogens is 432 g/mol. The van der Waals surface area contributed by atoms with Crippen LogP contribution in [0.1, 0.15) is 32.6 Å². The third-order valence-corrected chi connectivity index (χ3v) is 6.25. The maximum atomic E-state index is 12.5. The first-order valence-electron chi connectivity index (χ1n) is 10.7. The maximum absolute atomic E-state index is 12.5. The van der Waals surface area contributed by atoms with E-state index in [1.807, 2.05) is 69.3 Å². The molecule has 4 aromatic rings. The Balaban J connectivity index is 1.28. The van der Waals surface area contributed by atoms with Crippen molar-refractivity contribution in [3.63, 3.8) is 0 Å². The number of carbonyl (C=O) groups is 2. The number of nitrogens with one attached hydrogen (secondary N) is 3. The van der Waals surface area contributed by atoms with Gasteiger partial charge in [0.2, 0.25) is 5.91 Å². The fraction of sp³-hybridized carbons (Fsp3) is 0.192. The largest absolute Gasteiger partial charge is 0.343 e. The predicted molar refractivity (Wildman–Crippen MR) is 134 cm³/mol. The van der Waals surface area contributed by atoms with E-state index in [0.29, 0.717) is 5.56 Å². The minimum absolute atomic E-state index is 0.0880. The summed E-state index contributed by atoms with van der Waals surface area (Å²) >= 11 is 1.61. The molecule has 7 heteroatoms. The number of aromatic amines is 1. The first-order chi connectivity index (χ1) is 15.9. The second-order valence-corrected chi connectivity index (χ2v) is 9.01. The van der Waals surface area contributed by atoms with Crippen molar-refractivity contribution in [3.8, 4) is 0 Å². The number of H-pyrrole nitrogens is 1. The van der Waals surface area contributed by atoms with Gasteiger partial charge in [0.25, 0.3) is 5.91 Å². The first kappa shape index (κ1) is 22.6. The summed E-state index contributed by atoms with van der Waals surface area (Å²) in [5.41, 5.74) is 7.52. The number of hydrogen-bond donors (Lipinski definition) is 3. The third-order valence-electron chi connectivity index (χ3n) is 5.31. The van der Waals surface area contributed by atoms with E-state index in [0.717, 1.165) is 49.9 Å². The molecule has 2 amide bonds. The minimum atomic E-state index is -0.279. The molecule has 1 aromatic heterocycles. The molecule has 0 aliphatic rings. The van der Waals surface area contributed by atoms with E-state index < -0.39 is 0 Å². The second kappa shape index (κ2) is 9.92. The highest BCUT2D eigenvalue weighted by Gasteiger charge is 2.11. The molecule has 0 aliphatic heterocycles. The van der Waals surface area contributed by atoms with Gasteiger partial charge in [-0.15, -0.1) is 0 Å². The average Bonchev–Trinajstić information content (AvgIpc) is 3.22. The highest BCUT2D eigenvalue weighted by atomic mass is 32.2. The van der Waals surface area contributed by atoms with Crippen molar-refractivity contribution in [1.29, 1.82) is 0 Å². The van der Waals surface area contributed by atoms with Crippen LogP contribution in [-0.2, 0) is 10.5 Å². The summed E-state index contributed by atoms with van der Waals surface area (Å²) < 4.78 is 0. The van der Waals surface area contributed by atoms with Crippen LogP contribution >= 0.6 is 11.8 Å². The van der Waals surface area contributed by atoms with E-state index in [1.165, 1.54) is 0 Å². The molecule has 1 heterocycles. The molecule has 0 aliphatic carbocycles. The number of para-hydroxylation sites is 2. The van der Waals surface area contributed by atoms with Crippen LogP contribution in [0.4, 0.5) is 5.69 Å². The van der Waals surface area contributed by atoms with Gasteiger partial charge in [-0.1, -0.05) is 53.7 Å². The lowest BCUT2D eigenvalue weighted by Crippen LogP contribution is -2.33. The van der Waals surface area contributed by atoms with Crippen LogP contribution in [0.25, 0.3) is 11.0 Å². The number of hydrogen-bond acceptors (Lipinski definition) is 4. The number of aromatic nitrogens is 2. The summed E-state index contributed by atoms with van der Waals surface area (Å²) in [6.45, 7) is 5.86. The summed E-state index contributed by atoms with van der Waals surface area (Å²) in [4.78, 5) is 32.7. The summed E-state index contributed by atoms with van der Waals surface area (Å²) in [6.07, 6.45) is 0. The molecule has 0 bridgehead atoms. The molecule has 168 valence electrons. The summed E-state index contributed by atoms with van der Waals surface area (Å²) in [7, 11) is 0. The number of carbonyl (C=O) groups excluding carboxylic acids is 2. The molecule has 3 N–H and O–H groups in total. The van der Waals surface area contributed by atoms with Crippen molar-refractivity contribution in [2.75, 3.05) is 11.9 Å². The Morgan fingerprint density at radius 2 is 1.67 bits per heavy atom. The quantitative estimate of drug-likeness (QED) is 0.334. The summed E-state index contributed by atoms with van der Waals surface area (Å²) in [5.74, 6) is 0.204. The number of aryl methyl sites for hydroxylation is 3. The standard InChI is InChI=1S/C26H26N4O2S/c1-16-12-17(2)24(18(3)13-16)30-23(31)14-27-25(32)20-10-8-19(9-11-20)15-33-26-28-21-6-4-5-7-22(21)29-26/h4-13H,14-15H2,1-3H3,(H,27,32)(H,28,29)(H,30,31). The predicted octanol–water partition coefficient (Wildman–Crippen LogP) is 5.15. The molecule has 0 fully saturated rings. The lowest BCUT2D eigenvalue weighted by molar-refractivity contribution is -0.115. The van der Waals surface area contributed by atoms with Crippen LogP contribution in [0.2, 0.25) is 0 Å². The molecule has 3 aromatic carbocycles. The Bertz CT molecular complexity index is 1260. The van der Waals surface area contributed by atoms with Crippen LogP contribution in [0.15, 0.2) is 65.8 Å². The highest BCUT2D eigenvalue weighted by molar-refractivity contribution is 7.98. The molecule has 6 nitrogen and oxygen atoms in total. The maximum Gasteiger partial charge on any atom is 0.251 e. The van der Waals surface area contributed by atoms with E-state index in [2.05, 4.69) is 20.6 Å². The van der Waals surface area contributed by atoms with Gasteiger partial charge in [-0.2, -0.15) is 0 Å². The van der Waals surface area contributed by atoms with Crippen molar-refractivity contribution in [3.05, 3.63) is 88.5 Å². The van der Waals surface area contributed by atoms with Crippen LogP contribution in [0.3, 0.4) is 0 Å². The molecule has 4 rings (SSSR count). The summed E-state index contributed by atoms with van der Waals surface area (Å²) in [6, 6.07) is 19.4. The second-order valence-electron chi connectivity index (χ2n) is 8.05. The van der Waals surface area contributed by atoms with Crippen molar-refractivity contribution in [1.82, 2.24) is 15.3 Å². The average molecular weight is 459 g/mol. The van der Waals surface area contributed by atoms with Gasteiger partial charge in [-0.25, -0.2) is 4.98 Å². The van der Waals surface area contributed by atoms with Crippen LogP contribution < -0.4 is 10.6 Å². The van der Waals surface area contributed by atoms with Crippen molar-refractivity contribution in [2.24, 2.45) is 0 Å². The fourth-order valence-electron chi connectivity index (χ4n) is 3.73. The lowest BCUT2D eigenvalue weighted by Gasteiger charge is -2.13. The van der Waals surface area contributed by atoms with E-state index in [-0.39, 0.29) is 18.4 Å². The monoisotopic (exact) mass is 458 g/mol. The third kappa shape index (κ3) is 5.62. The Labute approximate surface area is 197 Å². The zero-order valence-electron chi connectivity index (χ0n) is 18.9. The zero-order chi connectivity index (χ0) is 23.4. The van der Waals surface area contributed by atoms with Gasteiger partial charge in [-0.3, -0.25) is 9.59 Å². The van der Waals surface area contributed by atoms with Crippen LogP contribution in [-0.4, -0.2) is 28.3 Å². The molecule has 0 saturated heterocycles. The topological polar surface area (TPSA) is 86.9 Å². The van der Waals surface area contributed by atoms with E-state index >= 15 is 0 Å². The fourth-order valence-corrected chi connectivity index (χ4v) is 4.57. The molecule has 33 heavy (non-hydrogen) atoms. The Hall–Kier alpha value is -3.58. The van der Waals surface area contributed by atoms with Crippen molar-refractivity contribution in [2.45, 2.75) is 31.7 Å². The number of nitrogens with zero attached hydrogens (tertiary/aromatic N) is 1. The van der Waals surface area contributed by atoms with E-state index in [4.69, 9.17) is 0 Å². The van der Waals surface area contributed by atoms with E-state index in [9.17, 15) is 9.59 Å². The lowest BCUT2D eigenvalue weighted by atomic mass is 10.1. The van der Waals surface area contributed by atoms with Gasteiger partial charge in [0, 0.05) is 17.0 Å². The van der Waals surface area contributed by atoms with Crippen LogP contribution in [0.5, 0.6) is 0 Å². The van der Waals surface area contributed by atoms with Crippen LogP contribution in [0, 0.1) is 20.8 Å². The molecule has 0 unspecified atom stereocenters. The molecule has 0 saturated carbocycles. The van der Waals surface area contributed by atoms with Crippen molar-refractivity contribution >= 4 is 40.3 Å².